The van der Waals surface area contributed by atoms with Crippen LogP contribution in [0.1, 0.15) is 77.7 Å². The molecule has 132 valence electrons. The number of para-hydroxylation sites is 1. The Morgan fingerprint density at radius 2 is 1.62 bits per heavy atom. The van der Waals surface area contributed by atoms with E-state index >= 15 is 0 Å². The molecular formula is C19H31N5. The summed E-state index contributed by atoms with van der Waals surface area (Å²) >= 11 is 0. The summed E-state index contributed by atoms with van der Waals surface area (Å²) in [5.41, 5.74) is 0.979. The van der Waals surface area contributed by atoms with Gasteiger partial charge >= 0.3 is 0 Å². The monoisotopic (exact) mass is 329 g/mol. The molecule has 1 heterocycles. The summed E-state index contributed by atoms with van der Waals surface area (Å²) in [5, 5.41) is 15.9. The Morgan fingerprint density at radius 1 is 0.958 bits per heavy atom. The highest BCUT2D eigenvalue weighted by Gasteiger charge is 2.09. The lowest BCUT2D eigenvalue weighted by atomic mass is 10.1. The maximum absolute atomic E-state index is 4.44. The lowest BCUT2D eigenvalue weighted by Gasteiger charge is -2.09. The Bertz CT molecular complexity index is 552. The van der Waals surface area contributed by atoms with Crippen molar-refractivity contribution >= 4 is 11.6 Å². The van der Waals surface area contributed by atoms with Gasteiger partial charge in [-0.2, -0.15) is 4.80 Å². The molecule has 0 aliphatic heterocycles. The van der Waals surface area contributed by atoms with E-state index in [2.05, 4.69) is 34.6 Å². The lowest BCUT2D eigenvalue weighted by molar-refractivity contribution is 0.385. The summed E-state index contributed by atoms with van der Waals surface area (Å²) < 4.78 is 0. The molecule has 0 bridgehead atoms. The minimum Gasteiger partial charge on any atom is -0.322 e. The van der Waals surface area contributed by atoms with E-state index in [1.807, 2.05) is 30.3 Å². The molecule has 0 spiro atoms. The predicted molar refractivity (Wildman–Crippen MR) is 99.5 cm³/mol. The van der Waals surface area contributed by atoms with Crippen molar-refractivity contribution in [3.8, 4) is 0 Å². The molecule has 2 aromatic rings. The van der Waals surface area contributed by atoms with Crippen LogP contribution in [0.5, 0.6) is 0 Å². The number of tetrazole rings is 1. The first-order valence-electron chi connectivity index (χ1n) is 9.41. The topological polar surface area (TPSA) is 55.6 Å². The fourth-order valence-corrected chi connectivity index (χ4v) is 2.80. The number of aromatic nitrogens is 4. The van der Waals surface area contributed by atoms with Gasteiger partial charge in [0.05, 0.1) is 6.04 Å². The van der Waals surface area contributed by atoms with Gasteiger partial charge in [0.15, 0.2) is 0 Å². The number of nitrogens with zero attached hydrogens (tertiary/aromatic N) is 4. The van der Waals surface area contributed by atoms with Crippen molar-refractivity contribution in [2.75, 3.05) is 5.32 Å². The zero-order valence-corrected chi connectivity index (χ0v) is 15.1. The standard InChI is InChI=1S/C19H31N5/c1-3-4-5-6-7-8-9-11-14-17(2)24-22-19(21-23-24)20-18-15-12-10-13-16-18/h10,12-13,15-17H,3-9,11,14H2,1-2H3,(H,20,22). The molecule has 0 amide bonds. The van der Waals surface area contributed by atoms with E-state index in [9.17, 15) is 0 Å². The van der Waals surface area contributed by atoms with Gasteiger partial charge < -0.3 is 5.32 Å². The average Bonchev–Trinajstić information content (AvgIpc) is 3.06. The van der Waals surface area contributed by atoms with E-state index in [0.29, 0.717) is 12.0 Å². The Hall–Kier alpha value is -1.91. The van der Waals surface area contributed by atoms with E-state index < -0.39 is 0 Å². The van der Waals surface area contributed by atoms with E-state index in [4.69, 9.17) is 0 Å². The van der Waals surface area contributed by atoms with Crippen LogP contribution in [-0.4, -0.2) is 20.2 Å². The van der Waals surface area contributed by atoms with Crippen molar-refractivity contribution in [2.45, 2.75) is 77.7 Å². The number of unbranched alkanes of at least 4 members (excludes halogenated alkanes) is 7. The fourth-order valence-electron chi connectivity index (χ4n) is 2.80. The third-order valence-corrected chi connectivity index (χ3v) is 4.33. The normalized spacial score (nSPS) is 12.2. The van der Waals surface area contributed by atoms with Gasteiger partial charge in [0.25, 0.3) is 5.95 Å². The van der Waals surface area contributed by atoms with Crippen LogP contribution in [0.3, 0.4) is 0 Å². The summed E-state index contributed by atoms with van der Waals surface area (Å²) in [4.78, 5) is 1.73. The number of benzene rings is 1. The van der Waals surface area contributed by atoms with Crippen molar-refractivity contribution in [1.29, 1.82) is 0 Å². The molecule has 2 rings (SSSR count). The Morgan fingerprint density at radius 3 is 2.33 bits per heavy atom. The van der Waals surface area contributed by atoms with Crippen LogP contribution in [-0.2, 0) is 0 Å². The molecule has 24 heavy (non-hydrogen) atoms. The van der Waals surface area contributed by atoms with Crippen LogP contribution in [0.4, 0.5) is 11.6 Å². The van der Waals surface area contributed by atoms with Gasteiger partial charge in [-0.1, -0.05) is 81.6 Å². The fraction of sp³-hybridized carbons (Fsp3) is 0.632. The molecule has 1 aromatic heterocycles. The highest BCUT2D eigenvalue weighted by molar-refractivity contribution is 5.51. The molecule has 1 aromatic carbocycles. The first kappa shape index (κ1) is 18.4. The van der Waals surface area contributed by atoms with Crippen LogP contribution in [0, 0.1) is 0 Å². The maximum Gasteiger partial charge on any atom is 0.267 e. The van der Waals surface area contributed by atoms with Crippen molar-refractivity contribution in [2.24, 2.45) is 0 Å². The first-order valence-corrected chi connectivity index (χ1v) is 9.41. The van der Waals surface area contributed by atoms with Crippen LogP contribution >= 0.6 is 0 Å². The van der Waals surface area contributed by atoms with Gasteiger partial charge in [-0.25, -0.2) is 0 Å². The summed E-state index contributed by atoms with van der Waals surface area (Å²) in [6.07, 6.45) is 11.9. The van der Waals surface area contributed by atoms with Gasteiger partial charge in [-0.3, -0.25) is 0 Å². The number of anilines is 2. The minimum atomic E-state index is 0.295. The Kier molecular flexibility index (Phi) is 8.28. The molecule has 0 radical (unpaired) electrons. The lowest BCUT2D eigenvalue weighted by Crippen LogP contribution is -2.09. The summed E-state index contributed by atoms with van der Waals surface area (Å²) in [5.74, 6) is 0.559. The second-order valence-corrected chi connectivity index (χ2v) is 6.54. The maximum atomic E-state index is 4.44. The molecule has 0 saturated carbocycles. The molecule has 0 saturated heterocycles. The van der Waals surface area contributed by atoms with Gasteiger partial charge in [0.1, 0.15) is 0 Å². The second kappa shape index (κ2) is 10.8. The summed E-state index contributed by atoms with van der Waals surface area (Å²) in [6, 6.07) is 10.2. The molecule has 1 atom stereocenters. The molecular weight excluding hydrogens is 298 g/mol. The van der Waals surface area contributed by atoms with Crippen LogP contribution < -0.4 is 5.32 Å². The highest BCUT2D eigenvalue weighted by Crippen LogP contribution is 2.17. The number of rotatable bonds is 12. The molecule has 5 heteroatoms. The van der Waals surface area contributed by atoms with Crippen LogP contribution in [0.25, 0.3) is 0 Å². The van der Waals surface area contributed by atoms with E-state index in [1.165, 1.54) is 51.4 Å². The molecule has 1 N–H and O–H groups in total. The van der Waals surface area contributed by atoms with E-state index in [0.717, 1.165) is 12.1 Å². The third kappa shape index (κ3) is 6.69. The molecule has 1 unspecified atom stereocenters. The van der Waals surface area contributed by atoms with Crippen molar-refractivity contribution in [3.05, 3.63) is 30.3 Å². The van der Waals surface area contributed by atoms with Crippen molar-refractivity contribution in [1.82, 2.24) is 20.2 Å². The smallest absolute Gasteiger partial charge is 0.267 e. The summed E-state index contributed by atoms with van der Waals surface area (Å²) in [7, 11) is 0. The second-order valence-electron chi connectivity index (χ2n) is 6.54. The van der Waals surface area contributed by atoms with Crippen LogP contribution in [0.15, 0.2) is 30.3 Å². The van der Waals surface area contributed by atoms with Gasteiger partial charge in [0.2, 0.25) is 0 Å². The molecule has 0 aliphatic rings. The quantitative estimate of drug-likeness (QED) is 0.522. The zero-order valence-electron chi connectivity index (χ0n) is 15.1. The molecule has 0 aliphatic carbocycles. The molecule has 5 nitrogen and oxygen atoms in total. The Labute approximate surface area is 145 Å². The van der Waals surface area contributed by atoms with Crippen LogP contribution in [0.2, 0.25) is 0 Å². The van der Waals surface area contributed by atoms with Gasteiger partial charge in [-0.05, 0) is 30.7 Å². The SMILES string of the molecule is CCCCCCCCCCC(C)n1nnc(Nc2ccccc2)n1. The Balaban J connectivity index is 1.63. The average molecular weight is 329 g/mol. The van der Waals surface area contributed by atoms with Crippen molar-refractivity contribution < 1.29 is 0 Å². The largest absolute Gasteiger partial charge is 0.322 e. The number of nitrogens with one attached hydrogen (secondary N) is 1. The zero-order chi connectivity index (χ0) is 17.0. The van der Waals surface area contributed by atoms with E-state index in [1.54, 1.807) is 4.80 Å². The van der Waals surface area contributed by atoms with Gasteiger partial charge in [-0.15, -0.1) is 5.10 Å². The summed E-state index contributed by atoms with van der Waals surface area (Å²) in [6.45, 7) is 4.43. The number of hydrogen-bond acceptors (Lipinski definition) is 4. The molecule has 0 fully saturated rings. The minimum absolute atomic E-state index is 0.295. The first-order chi connectivity index (χ1) is 11.8. The highest BCUT2D eigenvalue weighted by atomic mass is 15.6. The van der Waals surface area contributed by atoms with Crippen molar-refractivity contribution in [3.63, 3.8) is 0 Å². The van der Waals surface area contributed by atoms with E-state index in [-0.39, 0.29) is 0 Å². The van der Waals surface area contributed by atoms with Gasteiger partial charge in [0, 0.05) is 5.69 Å². The number of hydrogen-bond donors (Lipinski definition) is 1. The third-order valence-electron chi connectivity index (χ3n) is 4.33. The predicted octanol–water partition coefficient (Wildman–Crippen LogP) is 5.51.